The molecule has 0 amide bonds. The van der Waals surface area contributed by atoms with Crippen LogP contribution in [0, 0.1) is 0 Å². The summed E-state index contributed by atoms with van der Waals surface area (Å²) >= 11 is 5.97. The van der Waals surface area contributed by atoms with E-state index in [9.17, 15) is 8.42 Å². The van der Waals surface area contributed by atoms with Crippen molar-refractivity contribution < 1.29 is 13.2 Å². The van der Waals surface area contributed by atoms with Gasteiger partial charge in [-0.1, -0.05) is 54.1 Å². The van der Waals surface area contributed by atoms with E-state index in [0.29, 0.717) is 11.6 Å². The first kappa shape index (κ1) is 17.7. The number of fused-ring (bicyclic) bond motifs is 1. The number of ether oxygens (including phenoxy) is 1. The summed E-state index contributed by atoms with van der Waals surface area (Å²) in [5.41, 5.74) is 0.904. The lowest BCUT2D eigenvalue weighted by molar-refractivity contribution is 0.331. The van der Waals surface area contributed by atoms with Crippen LogP contribution in [0.3, 0.4) is 0 Å². The minimum atomic E-state index is -3.76. The van der Waals surface area contributed by atoms with Crippen molar-refractivity contribution in [2.45, 2.75) is 18.4 Å². The summed E-state index contributed by atoms with van der Waals surface area (Å²) in [4.78, 5) is 0.0436. The van der Waals surface area contributed by atoms with Gasteiger partial charge in [0.05, 0.1) is 6.61 Å². The van der Waals surface area contributed by atoms with Gasteiger partial charge in [0.15, 0.2) is 0 Å². The summed E-state index contributed by atoms with van der Waals surface area (Å²) in [5, 5.41) is 2.43. The molecule has 0 aliphatic rings. The fraction of sp³-hybridized carbons (Fsp3) is 0.158. The van der Waals surface area contributed by atoms with Crippen LogP contribution < -0.4 is 9.46 Å². The highest BCUT2D eigenvalue weighted by atomic mass is 35.5. The molecule has 1 N–H and O–H groups in total. The van der Waals surface area contributed by atoms with Crippen LogP contribution in [0.15, 0.2) is 65.6 Å². The largest absolute Gasteiger partial charge is 0.492 e. The van der Waals surface area contributed by atoms with Crippen LogP contribution in [0.5, 0.6) is 5.75 Å². The molecule has 3 rings (SSSR count). The van der Waals surface area contributed by atoms with Gasteiger partial charge >= 0.3 is 0 Å². The number of sulfonamides is 1. The third-order valence-electron chi connectivity index (χ3n) is 3.83. The molecule has 0 heterocycles. The van der Waals surface area contributed by atoms with Gasteiger partial charge in [0, 0.05) is 11.6 Å². The molecule has 130 valence electrons. The smallest absolute Gasteiger partial charge is 0.244 e. The molecule has 4 nitrogen and oxygen atoms in total. The summed E-state index contributed by atoms with van der Waals surface area (Å²) in [7, 11) is -3.76. The van der Waals surface area contributed by atoms with Crippen molar-refractivity contribution in [3.63, 3.8) is 0 Å². The Labute approximate surface area is 152 Å². The fourth-order valence-corrected chi connectivity index (χ4v) is 4.08. The van der Waals surface area contributed by atoms with E-state index in [0.717, 1.165) is 16.3 Å². The second kappa shape index (κ2) is 7.44. The van der Waals surface area contributed by atoms with Gasteiger partial charge in [-0.15, -0.1) is 0 Å². The molecule has 3 aromatic carbocycles. The molecule has 0 spiro atoms. The number of nitrogens with one attached hydrogen (secondary N) is 1. The predicted octanol–water partition coefficient (Wildman–Crippen LogP) is 4.37. The standard InChI is InChI=1S/C19H18ClNO3S/c1-2-24-18-11-10-16(20)12-19(18)25(22,23)21-13-15-8-5-7-14-6-3-4-9-17(14)15/h3-12,21H,2,13H2,1H3. The lowest BCUT2D eigenvalue weighted by Gasteiger charge is -2.13. The van der Waals surface area contributed by atoms with Crippen molar-refractivity contribution in [1.29, 1.82) is 0 Å². The Bertz CT molecular complexity index is 997. The highest BCUT2D eigenvalue weighted by Gasteiger charge is 2.20. The molecule has 0 saturated carbocycles. The number of benzene rings is 3. The van der Waals surface area contributed by atoms with E-state index in [-0.39, 0.29) is 17.2 Å². The molecule has 0 aromatic heterocycles. The minimum absolute atomic E-state index is 0.0436. The molecule has 6 heteroatoms. The maximum Gasteiger partial charge on any atom is 0.244 e. The van der Waals surface area contributed by atoms with E-state index in [1.54, 1.807) is 19.1 Å². The van der Waals surface area contributed by atoms with Gasteiger partial charge in [-0.3, -0.25) is 0 Å². The summed E-state index contributed by atoms with van der Waals surface area (Å²) in [5.74, 6) is 0.289. The number of hydrogen-bond donors (Lipinski definition) is 1. The molecular weight excluding hydrogens is 358 g/mol. The summed E-state index contributed by atoms with van der Waals surface area (Å²) < 4.78 is 33.5. The maximum absolute atomic E-state index is 12.7. The predicted molar refractivity (Wildman–Crippen MR) is 101 cm³/mol. The average Bonchev–Trinajstić information content (AvgIpc) is 2.61. The summed E-state index contributed by atoms with van der Waals surface area (Å²) in [6, 6.07) is 18.3. The number of rotatable bonds is 6. The van der Waals surface area contributed by atoms with Gasteiger partial charge in [0.2, 0.25) is 10.0 Å². The Kier molecular flexibility index (Phi) is 5.27. The van der Waals surface area contributed by atoms with E-state index < -0.39 is 10.0 Å². The monoisotopic (exact) mass is 375 g/mol. The zero-order valence-corrected chi connectivity index (χ0v) is 15.3. The zero-order chi connectivity index (χ0) is 17.9. The molecule has 3 aromatic rings. The van der Waals surface area contributed by atoms with E-state index in [2.05, 4.69) is 4.72 Å². The van der Waals surface area contributed by atoms with Gasteiger partial charge < -0.3 is 4.74 Å². The molecule has 0 bridgehead atoms. The van der Waals surface area contributed by atoms with Gasteiger partial charge in [0.1, 0.15) is 10.6 Å². The first-order chi connectivity index (χ1) is 12.0. The van der Waals surface area contributed by atoms with Crippen LogP contribution in [0.1, 0.15) is 12.5 Å². The Balaban J connectivity index is 1.91. The second-order valence-corrected chi connectivity index (χ2v) is 7.66. The van der Waals surface area contributed by atoms with Crippen molar-refractivity contribution in [3.05, 3.63) is 71.2 Å². The van der Waals surface area contributed by atoms with Gasteiger partial charge in [-0.05, 0) is 41.5 Å². The maximum atomic E-state index is 12.7. The molecular formula is C19H18ClNO3S. The van der Waals surface area contributed by atoms with Crippen LogP contribution in [-0.2, 0) is 16.6 Å². The van der Waals surface area contributed by atoms with Gasteiger partial charge in [-0.2, -0.15) is 0 Å². The first-order valence-corrected chi connectivity index (χ1v) is 9.76. The number of halogens is 1. The molecule has 0 saturated heterocycles. The molecule has 0 unspecified atom stereocenters. The average molecular weight is 376 g/mol. The lowest BCUT2D eigenvalue weighted by atomic mass is 10.1. The molecule has 0 radical (unpaired) electrons. The molecule has 0 fully saturated rings. The van der Waals surface area contributed by atoms with Crippen LogP contribution in [0.4, 0.5) is 0 Å². The minimum Gasteiger partial charge on any atom is -0.492 e. The van der Waals surface area contributed by atoms with Gasteiger partial charge in [-0.25, -0.2) is 13.1 Å². The third-order valence-corrected chi connectivity index (χ3v) is 5.49. The Morgan fingerprint density at radius 1 is 1.04 bits per heavy atom. The summed E-state index contributed by atoms with van der Waals surface area (Å²) in [6.07, 6.45) is 0. The van der Waals surface area contributed by atoms with Gasteiger partial charge in [0.25, 0.3) is 0 Å². The normalized spacial score (nSPS) is 11.6. The Hall–Kier alpha value is -2.08. The van der Waals surface area contributed by atoms with E-state index in [1.165, 1.54) is 6.07 Å². The Morgan fingerprint density at radius 3 is 2.60 bits per heavy atom. The van der Waals surface area contributed by atoms with E-state index in [4.69, 9.17) is 16.3 Å². The van der Waals surface area contributed by atoms with Crippen molar-refractivity contribution in [2.24, 2.45) is 0 Å². The lowest BCUT2D eigenvalue weighted by Crippen LogP contribution is -2.24. The molecule has 0 aliphatic heterocycles. The van der Waals surface area contributed by atoms with E-state index >= 15 is 0 Å². The highest BCUT2D eigenvalue weighted by Crippen LogP contribution is 2.28. The first-order valence-electron chi connectivity index (χ1n) is 7.90. The highest BCUT2D eigenvalue weighted by molar-refractivity contribution is 7.89. The molecule has 25 heavy (non-hydrogen) atoms. The second-order valence-electron chi connectivity index (χ2n) is 5.49. The van der Waals surface area contributed by atoms with Crippen molar-refractivity contribution in [1.82, 2.24) is 4.72 Å². The SMILES string of the molecule is CCOc1ccc(Cl)cc1S(=O)(=O)NCc1cccc2ccccc12. The number of hydrogen-bond acceptors (Lipinski definition) is 3. The van der Waals surface area contributed by atoms with Crippen LogP contribution in [0.2, 0.25) is 5.02 Å². The van der Waals surface area contributed by atoms with Crippen LogP contribution in [0.25, 0.3) is 10.8 Å². The van der Waals surface area contributed by atoms with Crippen molar-refractivity contribution >= 4 is 32.4 Å². The summed E-state index contributed by atoms with van der Waals surface area (Å²) in [6.45, 7) is 2.35. The van der Waals surface area contributed by atoms with Crippen molar-refractivity contribution in [2.75, 3.05) is 6.61 Å². The molecule has 0 atom stereocenters. The molecule has 0 aliphatic carbocycles. The van der Waals surface area contributed by atoms with E-state index in [1.807, 2.05) is 42.5 Å². The zero-order valence-electron chi connectivity index (χ0n) is 13.7. The van der Waals surface area contributed by atoms with Crippen molar-refractivity contribution in [3.8, 4) is 5.75 Å². The Morgan fingerprint density at radius 2 is 1.80 bits per heavy atom. The van der Waals surface area contributed by atoms with Crippen LogP contribution in [-0.4, -0.2) is 15.0 Å². The quantitative estimate of drug-likeness (QED) is 0.696. The topological polar surface area (TPSA) is 55.4 Å². The van der Waals surface area contributed by atoms with Crippen LogP contribution >= 0.6 is 11.6 Å². The third kappa shape index (κ3) is 3.95. The fourth-order valence-electron chi connectivity index (χ4n) is 2.66.